The highest BCUT2D eigenvalue weighted by atomic mass is 19.1. The summed E-state index contributed by atoms with van der Waals surface area (Å²) in [6.07, 6.45) is -0.0861. The second kappa shape index (κ2) is 6.87. The highest BCUT2D eigenvalue weighted by Gasteiger charge is 2.36. The molecule has 2 aliphatic rings. The molecule has 2 N–H and O–H groups in total. The van der Waals surface area contributed by atoms with Crippen LogP contribution in [-0.2, 0) is 9.59 Å². The van der Waals surface area contributed by atoms with E-state index in [1.54, 1.807) is 37.3 Å². The SMILES string of the molecule is Cc1nn2c(c1-c1ccc(F)cc1)NC(=O)C2CC(=O)Nc1ccc2c(c1)OCO2. The van der Waals surface area contributed by atoms with Gasteiger partial charge in [-0.1, -0.05) is 12.1 Å². The first kappa shape index (κ1) is 18.2. The van der Waals surface area contributed by atoms with Gasteiger partial charge in [-0.25, -0.2) is 9.07 Å². The molecule has 2 aliphatic heterocycles. The molecule has 5 rings (SSSR count). The first-order valence-electron chi connectivity index (χ1n) is 9.35. The lowest BCUT2D eigenvalue weighted by Crippen LogP contribution is -2.23. The van der Waals surface area contributed by atoms with Crippen molar-refractivity contribution in [3.8, 4) is 22.6 Å². The van der Waals surface area contributed by atoms with Gasteiger partial charge in [0, 0.05) is 17.3 Å². The summed E-state index contributed by atoms with van der Waals surface area (Å²) in [7, 11) is 0. The average molecular weight is 408 g/mol. The molecule has 0 aliphatic carbocycles. The third kappa shape index (κ3) is 3.04. The van der Waals surface area contributed by atoms with Crippen LogP contribution in [0.25, 0.3) is 11.1 Å². The Hall–Kier alpha value is -3.88. The molecule has 0 saturated carbocycles. The first-order valence-corrected chi connectivity index (χ1v) is 9.35. The van der Waals surface area contributed by atoms with Crippen LogP contribution in [0, 0.1) is 12.7 Å². The second-order valence-electron chi connectivity index (χ2n) is 7.09. The molecule has 0 bridgehead atoms. The van der Waals surface area contributed by atoms with Gasteiger partial charge < -0.3 is 20.1 Å². The molecule has 3 aromatic rings. The molecule has 3 heterocycles. The van der Waals surface area contributed by atoms with Crippen LogP contribution in [0.3, 0.4) is 0 Å². The lowest BCUT2D eigenvalue weighted by Gasteiger charge is -2.10. The molecule has 152 valence electrons. The molecule has 0 spiro atoms. The molecule has 0 saturated heterocycles. The quantitative estimate of drug-likeness (QED) is 0.691. The maximum absolute atomic E-state index is 13.3. The molecule has 1 unspecified atom stereocenters. The summed E-state index contributed by atoms with van der Waals surface area (Å²) >= 11 is 0. The number of amides is 2. The van der Waals surface area contributed by atoms with E-state index in [1.807, 2.05) is 0 Å². The minimum absolute atomic E-state index is 0.0861. The smallest absolute Gasteiger partial charge is 0.251 e. The number of carbonyl (C=O) groups excluding carboxylic acids is 2. The number of carbonyl (C=O) groups is 2. The van der Waals surface area contributed by atoms with Crippen LogP contribution in [0.1, 0.15) is 18.2 Å². The van der Waals surface area contributed by atoms with E-state index in [0.29, 0.717) is 34.3 Å². The van der Waals surface area contributed by atoms with Crippen molar-refractivity contribution >= 4 is 23.3 Å². The number of fused-ring (bicyclic) bond motifs is 2. The predicted molar refractivity (Wildman–Crippen MR) is 106 cm³/mol. The summed E-state index contributed by atoms with van der Waals surface area (Å²) in [4.78, 5) is 25.1. The van der Waals surface area contributed by atoms with Gasteiger partial charge in [0.15, 0.2) is 11.5 Å². The van der Waals surface area contributed by atoms with Gasteiger partial charge in [0.1, 0.15) is 17.7 Å². The van der Waals surface area contributed by atoms with Gasteiger partial charge in [-0.2, -0.15) is 5.10 Å². The van der Waals surface area contributed by atoms with Crippen molar-refractivity contribution in [1.29, 1.82) is 0 Å². The van der Waals surface area contributed by atoms with E-state index < -0.39 is 6.04 Å². The van der Waals surface area contributed by atoms with Crippen molar-refractivity contribution in [2.24, 2.45) is 0 Å². The average Bonchev–Trinajstić information content (AvgIpc) is 3.38. The number of nitrogens with one attached hydrogen (secondary N) is 2. The van der Waals surface area contributed by atoms with Crippen molar-refractivity contribution < 1.29 is 23.5 Å². The van der Waals surface area contributed by atoms with E-state index in [4.69, 9.17) is 9.47 Å². The van der Waals surface area contributed by atoms with Crippen molar-refractivity contribution in [2.45, 2.75) is 19.4 Å². The minimum Gasteiger partial charge on any atom is -0.454 e. The van der Waals surface area contributed by atoms with Gasteiger partial charge in [0.2, 0.25) is 12.7 Å². The number of benzene rings is 2. The molecular weight excluding hydrogens is 391 g/mol. The molecule has 30 heavy (non-hydrogen) atoms. The standard InChI is InChI=1S/C21H17FN4O4/c1-11-19(12-2-4-13(22)5-3-12)20-24-21(28)15(26(20)25-11)9-18(27)23-14-6-7-16-17(8-14)30-10-29-16/h2-8,15H,9-10H2,1H3,(H,23,27)(H,24,28). The molecule has 9 heteroatoms. The summed E-state index contributed by atoms with van der Waals surface area (Å²) in [5.74, 6) is 0.681. The monoisotopic (exact) mass is 408 g/mol. The molecular formula is C21H17FN4O4. The Bertz CT molecular complexity index is 1170. The lowest BCUT2D eigenvalue weighted by atomic mass is 10.1. The zero-order chi connectivity index (χ0) is 20.8. The summed E-state index contributed by atoms with van der Waals surface area (Å²) < 4.78 is 25.4. The first-order chi connectivity index (χ1) is 14.5. The van der Waals surface area contributed by atoms with Crippen LogP contribution in [0.2, 0.25) is 0 Å². The summed E-state index contributed by atoms with van der Waals surface area (Å²) in [6.45, 7) is 1.95. The fourth-order valence-corrected chi connectivity index (χ4v) is 3.71. The minimum atomic E-state index is -0.776. The summed E-state index contributed by atoms with van der Waals surface area (Å²) in [5, 5.41) is 10.0. The number of aryl methyl sites for hydroxylation is 1. The fourth-order valence-electron chi connectivity index (χ4n) is 3.71. The molecule has 1 aromatic heterocycles. The Morgan fingerprint density at radius 2 is 2.00 bits per heavy atom. The van der Waals surface area contributed by atoms with Gasteiger partial charge in [-0.3, -0.25) is 9.59 Å². The van der Waals surface area contributed by atoms with Crippen LogP contribution < -0.4 is 20.1 Å². The largest absolute Gasteiger partial charge is 0.454 e. The number of hydrogen-bond donors (Lipinski definition) is 2. The van der Waals surface area contributed by atoms with Gasteiger partial charge in [-0.05, 0) is 36.8 Å². The van der Waals surface area contributed by atoms with E-state index in [9.17, 15) is 14.0 Å². The van der Waals surface area contributed by atoms with Crippen molar-refractivity contribution in [3.05, 3.63) is 54.0 Å². The van der Waals surface area contributed by atoms with Crippen LogP contribution in [0.4, 0.5) is 15.9 Å². The third-order valence-electron chi connectivity index (χ3n) is 5.09. The van der Waals surface area contributed by atoms with Crippen molar-refractivity contribution in [1.82, 2.24) is 9.78 Å². The maximum Gasteiger partial charge on any atom is 0.251 e. The Morgan fingerprint density at radius 1 is 1.23 bits per heavy atom. The van der Waals surface area contributed by atoms with E-state index in [1.165, 1.54) is 16.8 Å². The Balaban J connectivity index is 1.37. The number of rotatable bonds is 4. The van der Waals surface area contributed by atoms with Gasteiger partial charge in [0.05, 0.1) is 12.1 Å². The second-order valence-corrected chi connectivity index (χ2v) is 7.09. The zero-order valence-corrected chi connectivity index (χ0v) is 15.9. The number of ether oxygens (including phenoxy) is 2. The summed E-state index contributed by atoms with van der Waals surface area (Å²) in [5.41, 5.74) is 2.67. The van der Waals surface area contributed by atoms with Gasteiger partial charge >= 0.3 is 0 Å². The van der Waals surface area contributed by atoms with E-state index in [-0.39, 0.29) is 30.8 Å². The predicted octanol–water partition coefficient (Wildman–Crippen LogP) is 3.25. The van der Waals surface area contributed by atoms with Crippen LogP contribution in [0.15, 0.2) is 42.5 Å². The number of nitrogens with zero attached hydrogens (tertiary/aromatic N) is 2. The van der Waals surface area contributed by atoms with Crippen molar-refractivity contribution in [2.75, 3.05) is 17.4 Å². The topological polar surface area (TPSA) is 94.5 Å². The molecule has 0 fully saturated rings. The molecule has 2 amide bonds. The van der Waals surface area contributed by atoms with Crippen molar-refractivity contribution in [3.63, 3.8) is 0 Å². The Kier molecular flexibility index (Phi) is 4.16. The molecule has 0 radical (unpaired) electrons. The lowest BCUT2D eigenvalue weighted by molar-refractivity contribution is -0.123. The normalized spacial score (nSPS) is 16.3. The number of anilines is 2. The van der Waals surface area contributed by atoms with Crippen LogP contribution in [0.5, 0.6) is 11.5 Å². The zero-order valence-electron chi connectivity index (χ0n) is 15.9. The van der Waals surface area contributed by atoms with Crippen LogP contribution in [-0.4, -0.2) is 28.4 Å². The maximum atomic E-state index is 13.3. The fraction of sp³-hybridized carbons (Fsp3) is 0.190. The third-order valence-corrected chi connectivity index (χ3v) is 5.09. The highest BCUT2D eigenvalue weighted by molar-refractivity contribution is 6.04. The molecule has 1 atom stereocenters. The molecule has 2 aromatic carbocycles. The van der Waals surface area contributed by atoms with Crippen LogP contribution >= 0.6 is 0 Å². The van der Waals surface area contributed by atoms with Gasteiger partial charge in [-0.15, -0.1) is 0 Å². The van der Waals surface area contributed by atoms with Gasteiger partial charge in [0.25, 0.3) is 5.91 Å². The number of hydrogen-bond acceptors (Lipinski definition) is 5. The van der Waals surface area contributed by atoms with E-state index in [2.05, 4.69) is 15.7 Å². The van der Waals surface area contributed by atoms with E-state index in [0.717, 1.165) is 5.56 Å². The number of aromatic nitrogens is 2. The van der Waals surface area contributed by atoms with E-state index >= 15 is 0 Å². The Morgan fingerprint density at radius 3 is 2.80 bits per heavy atom. The molecule has 8 nitrogen and oxygen atoms in total. The highest BCUT2D eigenvalue weighted by Crippen LogP contribution is 2.38. The summed E-state index contributed by atoms with van der Waals surface area (Å²) in [6, 6.07) is 10.3. The number of halogens is 1. The Labute approximate surface area is 170 Å².